The summed E-state index contributed by atoms with van der Waals surface area (Å²) < 4.78 is 0. The predicted octanol–water partition coefficient (Wildman–Crippen LogP) is 2.97. The minimum Gasteiger partial charge on any atom is -0.317 e. The fourth-order valence-electron chi connectivity index (χ4n) is 4.10. The van der Waals surface area contributed by atoms with Crippen molar-refractivity contribution in [2.24, 2.45) is 5.92 Å². The zero-order chi connectivity index (χ0) is 15.9. The van der Waals surface area contributed by atoms with E-state index in [1.165, 1.54) is 70.4 Å². The second-order valence-corrected chi connectivity index (χ2v) is 7.46. The topological polar surface area (TPSA) is 18.5 Å². The highest BCUT2D eigenvalue weighted by atomic mass is 15.2. The van der Waals surface area contributed by atoms with Gasteiger partial charge in [0.15, 0.2) is 0 Å². The van der Waals surface area contributed by atoms with Crippen molar-refractivity contribution in [1.82, 2.24) is 15.1 Å². The number of piperidine rings is 2. The van der Waals surface area contributed by atoms with Crippen molar-refractivity contribution < 1.29 is 0 Å². The molecule has 0 spiro atoms. The van der Waals surface area contributed by atoms with E-state index in [-0.39, 0.29) is 0 Å². The van der Waals surface area contributed by atoms with Gasteiger partial charge in [-0.2, -0.15) is 0 Å². The van der Waals surface area contributed by atoms with Gasteiger partial charge in [-0.1, -0.05) is 30.3 Å². The minimum atomic E-state index is 0.795. The Morgan fingerprint density at radius 3 is 2.43 bits per heavy atom. The van der Waals surface area contributed by atoms with E-state index in [9.17, 15) is 0 Å². The molecule has 1 N–H and O–H groups in total. The maximum atomic E-state index is 3.47. The van der Waals surface area contributed by atoms with Crippen molar-refractivity contribution in [3.05, 3.63) is 35.9 Å². The molecule has 2 fully saturated rings. The maximum absolute atomic E-state index is 3.47. The number of hydrogen-bond acceptors (Lipinski definition) is 3. The molecule has 2 saturated heterocycles. The monoisotopic (exact) mass is 315 g/mol. The van der Waals surface area contributed by atoms with Crippen LogP contribution in [0.5, 0.6) is 0 Å². The molecule has 3 rings (SSSR count). The van der Waals surface area contributed by atoms with Gasteiger partial charge in [0, 0.05) is 12.6 Å². The van der Waals surface area contributed by atoms with E-state index < -0.39 is 0 Å². The van der Waals surface area contributed by atoms with Crippen molar-refractivity contribution in [3.63, 3.8) is 0 Å². The van der Waals surface area contributed by atoms with Gasteiger partial charge in [0.25, 0.3) is 0 Å². The van der Waals surface area contributed by atoms with Crippen LogP contribution in [0.25, 0.3) is 0 Å². The van der Waals surface area contributed by atoms with Gasteiger partial charge in [0.1, 0.15) is 0 Å². The summed E-state index contributed by atoms with van der Waals surface area (Å²) in [7, 11) is 2.35. The average molecular weight is 316 g/mol. The van der Waals surface area contributed by atoms with Crippen LogP contribution in [0, 0.1) is 5.92 Å². The highest BCUT2D eigenvalue weighted by Gasteiger charge is 2.23. The van der Waals surface area contributed by atoms with Crippen LogP contribution in [-0.4, -0.2) is 55.6 Å². The minimum absolute atomic E-state index is 0.795. The van der Waals surface area contributed by atoms with E-state index in [0.717, 1.165) is 18.5 Å². The molecule has 2 aliphatic heterocycles. The van der Waals surface area contributed by atoms with Crippen LogP contribution in [0.1, 0.15) is 37.7 Å². The predicted molar refractivity (Wildman–Crippen MR) is 97.6 cm³/mol. The molecule has 23 heavy (non-hydrogen) atoms. The van der Waals surface area contributed by atoms with E-state index in [4.69, 9.17) is 0 Å². The summed E-state index contributed by atoms with van der Waals surface area (Å²) in [5, 5.41) is 3.47. The Morgan fingerprint density at radius 1 is 1.04 bits per heavy atom. The third-order valence-electron chi connectivity index (χ3n) is 5.78. The van der Waals surface area contributed by atoms with Crippen LogP contribution in [0.4, 0.5) is 0 Å². The van der Waals surface area contributed by atoms with Crippen molar-refractivity contribution in [2.45, 2.75) is 44.7 Å². The summed E-state index contributed by atoms with van der Waals surface area (Å²) in [6.07, 6.45) is 6.81. The molecule has 2 heterocycles. The molecule has 0 bridgehead atoms. The summed E-state index contributed by atoms with van der Waals surface area (Å²) in [6.45, 7) is 7.35. The zero-order valence-corrected chi connectivity index (χ0v) is 14.7. The van der Waals surface area contributed by atoms with Crippen LogP contribution in [0.15, 0.2) is 30.3 Å². The Labute approximate surface area is 142 Å². The number of likely N-dealkylation sites (tertiary alicyclic amines) is 1. The summed E-state index contributed by atoms with van der Waals surface area (Å²) in [5.41, 5.74) is 1.45. The van der Waals surface area contributed by atoms with Gasteiger partial charge in [0.2, 0.25) is 0 Å². The molecule has 1 aromatic rings. The third kappa shape index (κ3) is 5.30. The number of nitrogens with one attached hydrogen (secondary N) is 1. The number of rotatable bonds is 6. The molecule has 0 amide bonds. The van der Waals surface area contributed by atoms with Crippen LogP contribution >= 0.6 is 0 Å². The molecule has 3 heteroatoms. The van der Waals surface area contributed by atoms with E-state index in [2.05, 4.69) is 52.5 Å². The van der Waals surface area contributed by atoms with Crippen LogP contribution < -0.4 is 5.32 Å². The van der Waals surface area contributed by atoms with Crippen LogP contribution in [-0.2, 0) is 6.54 Å². The highest BCUT2D eigenvalue weighted by Crippen LogP contribution is 2.20. The van der Waals surface area contributed by atoms with Gasteiger partial charge < -0.3 is 10.2 Å². The summed E-state index contributed by atoms with van der Waals surface area (Å²) in [6, 6.07) is 11.7. The first-order chi connectivity index (χ1) is 11.3. The first-order valence-corrected chi connectivity index (χ1v) is 9.48. The third-order valence-corrected chi connectivity index (χ3v) is 5.78. The van der Waals surface area contributed by atoms with E-state index in [1.807, 2.05) is 0 Å². The molecular formula is C20H33N3. The highest BCUT2D eigenvalue weighted by molar-refractivity contribution is 5.14. The average Bonchev–Trinajstić information content (AvgIpc) is 2.62. The van der Waals surface area contributed by atoms with Gasteiger partial charge >= 0.3 is 0 Å². The Balaban J connectivity index is 1.36. The van der Waals surface area contributed by atoms with E-state index in [1.54, 1.807) is 0 Å². The van der Waals surface area contributed by atoms with Gasteiger partial charge in [-0.15, -0.1) is 0 Å². The number of benzene rings is 1. The molecule has 0 aliphatic carbocycles. The molecule has 128 valence electrons. The van der Waals surface area contributed by atoms with E-state index >= 15 is 0 Å². The lowest BCUT2D eigenvalue weighted by Crippen LogP contribution is -2.43. The number of nitrogens with zero attached hydrogens (tertiary/aromatic N) is 2. The van der Waals surface area contributed by atoms with Gasteiger partial charge in [-0.05, 0) is 83.4 Å². The second-order valence-electron chi connectivity index (χ2n) is 7.46. The molecule has 0 unspecified atom stereocenters. The summed E-state index contributed by atoms with van der Waals surface area (Å²) >= 11 is 0. The normalized spacial score (nSPS) is 21.8. The first-order valence-electron chi connectivity index (χ1n) is 9.48. The van der Waals surface area contributed by atoms with E-state index in [0.29, 0.717) is 0 Å². The standard InChI is InChI=1S/C20H33N3/c1-22(14-9-18-7-12-21-13-8-18)20-10-15-23(16-11-20)17-19-5-3-2-4-6-19/h2-6,18,20-21H,7-17H2,1H3. The fraction of sp³-hybridized carbons (Fsp3) is 0.700. The van der Waals surface area contributed by atoms with Gasteiger partial charge in [-0.3, -0.25) is 4.90 Å². The number of hydrogen-bond donors (Lipinski definition) is 1. The fourth-order valence-corrected chi connectivity index (χ4v) is 4.10. The zero-order valence-electron chi connectivity index (χ0n) is 14.7. The maximum Gasteiger partial charge on any atom is 0.0233 e. The van der Waals surface area contributed by atoms with Crippen molar-refractivity contribution in [1.29, 1.82) is 0 Å². The molecule has 0 atom stereocenters. The second kappa shape index (κ2) is 8.81. The Bertz CT molecular complexity index is 433. The van der Waals surface area contributed by atoms with Crippen LogP contribution in [0.2, 0.25) is 0 Å². The largest absolute Gasteiger partial charge is 0.317 e. The summed E-state index contributed by atoms with van der Waals surface area (Å²) in [5.74, 6) is 0.955. The molecule has 1 aromatic carbocycles. The smallest absolute Gasteiger partial charge is 0.0233 e. The lowest BCUT2D eigenvalue weighted by Gasteiger charge is -2.37. The van der Waals surface area contributed by atoms with Gasteiger partial charge in [0.05, 0.1) is 0 Å². The van der Waals surface area contributed by atoms with Crippen molar-refractivity contribution >= 4 is 0 Å². The molecular weight excluding hydrogens is 282 g/mol. The summed E-state index contributed by atoms with van der Waals surface area (Å²) in [4.78, 5) is 5.26. The Morgan fingerprint density at radius 2 is 1.74 bits per heavy atom. The van der Waals surface area contributed by atoms with Crippen molar-refractivity contribution in [3.8, 4) is 0 Å². The quantitative estimate of drug-likeness (QED) is 0.871. The Kier molecular flexibility index (Phi) is 6.49. The molecule has 3 nitrogen and oxygen atoms in total. The lowest BCUT2D eigenvalue weighted by molar-refractivity contribution is 0.117. The SMILES string of the molecule is CN(CCC1CCNCC1)C1CCN(Cc2ccccc2)CC1. The molecule has 0 aromatic heterocycles. The Hall–Kier alpha value is -0.900. The molecule has 0 saturated carbocycles. The van der Waals surface area contributed by atoms with Crippen molar-refractivity contribution in [2.75, 3.05) is 39.8 Å². The van der Waals surface area contributed by atoms with Gasteiger partial charge in [-0.25, -0.2) is 0 Å². The first kappa shape index (κ1) is 16.9. The van der Waals surface area contributed by atoms with Crippen LogP contribution in [0.3, 0.4) is 0 Å². The molecule has 0 radical (unpaired) electrons. The lowest BCUT2D eigenvalue weighted by atomic mass is 9.94. The molecule has 2 aliphatic rings.